The van der Waals surface area contributed by atoms with Gasteiger partial charge in [-0.05, 0) is 12.1 Å². The van der Waals surface area contributed by atoms with Crippen LogP contribution in [0.3, 0.4) is 0 Å². The van der Waals surface area contributed by atoms with Gasteiger partial charge in [-0.1, -0.05) is 19.6 Å². The van der Waals surface area contributed by atoms with Crippen molar-refractivity contribution in [2.24, 2.45) is 0 Å². The molecule has 0 aliphatic rings. The van der Waals surface area contributed by atoms with E-state index in [1.807, 2.05) is 0 Å². The second-order valence-electron chi connectivity index (χ2n) is 5.32. The zero-order valence-electron chi connectivity index (χ0n) is 11.3. The van der Waals surface area contributed by atoms with Crippen LogP contribution >= 0.6 is 0 Å². The number of carbonyl (C=O) groups excluding carboxylic acids is 1. The van der Waals surface area contributed by atoms with Gasteiger partial charge in [0.15, 0.2) is 11.5 Å². The number of aromatic nitrogens is 1. The Kier molecular flexibility index (Phi) is 5.10. The van der Waals surface area contributed by atoms with Gasteiger partial charge in [0, 0.05) is 20.9 Å². The van der Waals surface area contributed by atoms with Crippen LogP contribution < -0.4 is 0 Å². The normalized spacial score (nSPS) is 11.6. The van der Waals surface area contributed by atoms with E-state index in [9.17, 15) is 9.18 Å². The first-order valence-corrected chi connectivity index (χ1v) is 9.56. The van der Waals surface area contributed by atoms with Gasteiger partial charge in [0.2, 0.25) is 0 Å². The van der Waals surface area contributed by atoms with Crippen molar-refractivity contribution in [3.8, 4) is 0 Å². The Labute approximate surface area is 108 Å². The zero-order chi connectivity index (χ0) is 13.8. The van der Waals surface area contributed by atoms with E-state index in [0.29, 0.717) is 6.61 Å². The van der Waals surface area contributed by atoms with E-state index in [1.54, 1.807) is 0 Å². The fourth-order valence-corrected chi connectivity index (χ4v) is 2.16. The van der Waals surface area contributed by atoms with Gasteiger partial charge in [0.25, 0.3) is 0 Å². The number of methoxy groups -OCH3 is 1. The van der Waals surface area contributed by atoms with Gasteiger partial charge < -0.3 is 14.0 Å². The van der Waals surface area contributed by atoms with Gasteiger partial charge >= 0.3 is 5.97 Å². The summed E-state index contributed by atoms with van der Waals surface area (Å²) in [5.74, 6) is -1.28. The fraction of sp³-hybridized carbons (Fsp3) is 0.583. The highest BCUT2D eigenvalue weighted by Gasteiger charge is 2.18. The summed E-state index contributed by atoms with van der Waals surface area (Å²) in [6, 6.07) is 2.26. The molecule has 102 valence electrons. The molecule has 0 atom stereocenters. The second-order valence-corrected chi connectivity index (χ2v) is 10.9. The van der Waals surface area contributed by atoms with Crippen molar-refractivity contribution in [3.05, 3.63) is 23.8 Å². The molecule has 4 nitrogen and oxygen atoms in total. The first-order valence-electron chi connectivity index (χ1n) is 5.86. The Morgan fingerprint density at radius 3 is 2.67 bits per heavy atom. The van der Waals surface area contributed by atoms with Gasteiger partial charge in [0.1, 0.15) is 6.73 Å². The maximum Gasteiger partial charge on any atom is 0.357 e. The average Bonchev–Trinajstić information content (AvgIpc) is 2.64. The molecule has 0 unspecified atom stereocenters. The predicted octanol–water partition coefficient (Wildman–Crippen LogP) is 2.73. The van der Waals surface area contributed by atoms with Crippen molar-refractivity contribution in [1.29, 1.82) is 0 Å². The third-order valence-corrected chi connectivity index (χ3v) is 4.22. The average molecular weight is 273 g/mol. The highest BCUT2D eigenvalue weighted by molar-refractivity contribution is 6.76. The largest absolute Gasteiger partial charge is 0.464 e. The minimum atomic E-state index is -1.13. The predicted molar refractivity (Wildman–Crippen MR) is 69.8 cm³/mol. The number of hydrogen-bond donors (Lipinski definition) is 0. The Morgan fingerprint density at radius 2 is 2.11 bits per heavy atom. The molecule has 0 aliphatic heterocycles. The number of rotatable bonds is 6. The third kappa shape index (κ3) is 4.27. The molecule has 0 fully saturated rings. The molecule has 1 aromatic rings. The molecule has 1 rings (SSSR count). The molecule has 0 saturated carbocycles. The van der Waals surface area contributed by atoms with Crippen LogP contribution in [-0.4, -0.2) is 32.3 Å². The quantitative estimate of drug-likeness (QED) is 0.454. The first kappa shape index (κ1) is 14.9. The smallest absolute Gasteiger partial charge is 0.357 e. The number of nitrogens with zero attached hydrogens (tertiary/aromatic N) is 1. The van der Waals surface area contributed by atoms with E-state index in [0.717, 1.165) is 6.04 Å². The van der Waals surface area contributed by atoms with Crippen LogP contribution in [0.15, 0.2) is 12.3 Å². The van der Waals surface area contributed by atoms with Crippen molar-refractivity contribution >= 4 is 14.0 Å². The van der Waals surface area contributed by atoms with E-state index in [-0.39, 0.29) is 12.4 Å². The standard InChI is InChI=1S/C12H20FNO3Si/c1-16-12(15)11-10(13)5-6-14(11)9-17-7-8-18(2,3)4/h5-6H,7-9H2,1-4H3. The lowest BCUT2D eigenvalue weighted by molar-refractivity contribution is 0.0533. The molecule has 6 heteroatoms. The van der Waals surface area contributed by atoms with Crippen molar-refractivity contribution in [3.63, 3.8) is 0 Å². The number of ether oxygens (including phenoxy) is 2. The highest BCUT2D eigenvalue weighted by atomic mass is 28.3. The molecule has 0 aromatic carbocycles. The molecule has 0 aliphatic carbocycles. The Hall–Kier alpha value is -1.14. The van der Waals surface area contributed by atoms with Gasteiger partial charge in [-0.15, -0.1) is 0 Å². The Bertz CT molecular complexity index is 412. The minimum Gasteiger partial charge on any atom is -0.464 e. The van der Waals surface area contributed by atoms with Crippen molar-refractivity contribution < 1.29 is 18.7 Å². The van der Waals surface area contributed by atoms with Crippen LogP contribution in [0.1, 0.15) is 10.5 Å². The summed E-state index contributed by atoms with van der Waals surface area (Å²) in [4.78, 5) is 11.4. The molecule has 1 aromatic heterocycles. The molecular formula is C12H20FNO3Si. The lowest BCUT2D eigenvalue weighted by atomic mass is 10.4. The molecule has 0 saturated heterocycles. The topological polar surface area (TPSA) is 40.5 Å². The van der Waals surface area contributed by atoms with Crippen molar-refractivity contribution in [2.75, 3.05) is 13.7 Å². The number of halogens is 1. The molecule has 0 spiro atoms. The molecule has 0 bridgehead atoms. The number of esters is 1. The van der Waals surface area contributed by atoms with E-state index in [1.165, 1.54) is 23.9 Å². The molecular weight excluding hydrogens is 253 g/mol. The van der Waals surface area contributed by atoms with E-state index in [4.69, 9.17) is 4.74 Å². The summed E-state index contributed by atoms with van der Waals surface area (Å²) in [5, 5.41) is 0. The maximum atomic E-state index is 13.4. The number of hydrogen-bond acceptors (Lipinski definition) is 3. The van der Waals surface area contributed by atoms with Gasteiger partial charge in [-0.2, -0.15) is 0 Å². The first-order chi connectivity index (χ1) is 8.35. The minimum absolute atomic E-state index is 0.0921. The van der Waals surface area contributed by atoms with Gasteiger partial charge in [0.05, 0.1) is 7.11 Å². The summed E-state index contributed by atoms with van der Waals surface area (Å²) < 4.78 is 24.8. The van der Waals surface area contributed by atoms with E-state index < -0.39 is 19.9 Å². The van der Waals surface area contributed by atoms with Gasteiger partial charge in [-0.25, -0.2) is 9.18 Å². The monoisotopic (exact) mass is 273 g/mol. The van der Waals surface area contributed by atoms with E-state index >= 15 is 0 Å². The summed E-state index contributed by atoms with van der Waals surface area (Å²) in [6.45, 7) is 7.55. The van der Waals surface area contributed by atoms with Crippen LogP contribution in [0.2, 0.25) is 25.7 Å². The highest BCUT2D eigenvalue weighted by Crippen LogP contribution is 2.12. The summed E-state index contributed by atoms with van der Waals surface area (Å²) in [7, 11) is 0.0949. The summed E-state index contributed by atoms with van der Waals surface area (Å²) in [5.41, 5.74) is -0.0921. The lowest BCUT2D eigenvalue weighted by Crippen LogP contribution is -2.22. The van der Waals surface area contributed by atoms with Crippen LogP contribution in [-0.2, 0) is 16.2 Å². The van der Waals surface area contributed by atoms with Crippen molar-refractivity contribution in [2.45, 2.75) is 32.4 Å². The van der Waals surface area contributed by atoms with E-state index in [2.05, 4.69) is 24.4 Å². The number of carbonyl (C=O) groups is 1. The molecule has 0 N–H and O–H groups in total. The molecule has 18 heavy (non-hydrogen) atoms. The molecule has 0 amide bonds. The zero-order valence-corrected chi connectivity index (χ0v) is 12.3. The molecule has 1 heterocycles. The van der Waals surface area contributed by atoms with Crippen LogP contribution in [0.4, 0.5) is 4.39 Å². The maximum absolute atomic E-state index is 13.4. The Morgan fingerprint density at radius 1 is 1.44 bits per heavy atom. The summed E-state index contributed by atoms with van der Waals surface area (Å²) >= 11 is 0. The fourth-order valence-electron chi connectivity index (χ4n) is 1.41. The second kappa shape index (κ2) is 6.15. The third-order valence-electron chi connectivity index (χ3n) is 2.52. The molecule has 0 radical (unpaired) electrons. The van der Waals surface area contributed by atoms with Gasteiger partial charge in [-0.3, -0.25) is 0 Å². The van der Waals surface area contributed by atoms with Crippen molar-refractivity contribution in [1.82, 2.24) is 4.57 Å². The summed E-state index contributed by atoms with van der Waals surface area (Å²) in [6.07, 6.45) is 1.48. The van der Waals surface area contributed by atoms with Crippen LogP contribution in [0.5, 0.6) is 0 Å². The van der Waals surface area contributed by atoms with Crippen LogP contribution in [0, 0.1) is 5.82 Å². The SMILES string of the molecule is COC(=O)c1c(F)ccn1COCC[Si](C)(C)C. The lowest BCUT2D eigenvalue weighted by Gasteiger charge is -2.16. The Balaban J connectivity index is 2.55. The van der Waals surface area contributed by atoms with Crippen LogP contribution in [0.25, 0.3) is 0 Å².